The maximum atomic E-state index is 11.4. The Labute approximate surface area is 199 Å². The molecule has 0 aromatic heterocycles. The molecule has 0 radical (unpaired) electrons. The van der Waals surface area contributed by atoms with E-state index in [0.717, 1.165) is 38.5 Å². The third-order valence-electron chi connectivity index (χ3n) is 4.75. The molecule has 0 rings (SSSR count). The minimum absolute atomic E-state index is 0. The van der Waals surface area contributed by atoms with Crippen LogP contribution in [0.1, 0.15) is 110 Å². The van der Waals surface area contributed by atoms with Crippen LogP contribution >= 0.6 is 0 Å². The monoisotopic (exact) mass is 402 g/mol. The molecule has 2 unspecified atom stereocenters. The van der Waals surface area contributed by atoms with E-state index in [1.54, 1.807) is 0 Å². The van der Waals surface area contributed by atoms with Gasteiger partial charge >= 0.3 is 51.4 Å². The first-order valence-electron chi connectivity index (χ1n) is 10.0. The van der Waals surface area contributed by atoms with Crippen LogP contribution in [0.15, 0.2) is 0 Å². The topological polar surface area (TPSA) is 77.4 Å². The van der Waals surface area contributed by atoms with Crippen molar-refractivity contribution in [2.45, 2.75) is 122 Å². The molecule has 0 fully saturated rings. The van der Waals surface area contributed by atoms with Gasteiger partial charge in [-0.2, -0.15) is 0 Å². The quantitative estimate of drug-likeness (QED) is 0.230. The summed E-state index contributed by atoms with van der Waals surface area (Å²) in [6, 6.07) is 0. The van der Waals surface area contributed by atoms with Gasteiger partial charge < -0.3 is 9.66 Å². The van der Waals surface area contributed by atoms with Crippen LogP contribution in [0, 0.1) is 0 Å². The van der Waals surface area contributed by atoms with E-state index >= 15 is 0 Å². The summed E-state index contributed by atoms with van der Waals surface area (Å²) < 4.78 is 34.2. The van der Waals surface area contributed by atoms with Gasteiger partial charge in [-0.25, -0.2) is 8.42 Å². The molecular formula is C19H39KO4S. The van der Waals surface area contributed by atoms with E-state index in [4.69, 9.17) is 0 Å². The van der Waals surface area contributed by atoms with Crippen LogP contribution in [-0.2, 0) is 10.1 Å². The molecule has 0 aliphatic rings. The fraction of sp³-hybridized carbons (Fsp3) is 1.00. The third kappa shape index (κ3) is 18.6. The smallest absolute Gasteiger partial charge is 0.748 e. The predicted molar refractivity (Wildman–Crippen MR) is 100 cm³/mol. The molecule has 2 atom stereocenters. The fourth-order valence-electron chi connectivity index (χ4n) is 3.09. The van der Waals surface area contributed by atoms with E-state index in [2.05, 4.69) is 13.8 Å². The van der Waals surface area contributed by atoms with Crippen LogP contribution < -0.4 is 51.4 Å². The van der Waals surface area contributed by atoms with E-state index in [1.807, 2.05) is 0 Å². The molecule has 6 heteroatoms. The molecule has 146 valence electrons. The molecule has 0 saturated heterocycles. The Morgan fingerprint density at radius 2 is 1.16 bits per heavy atom. The van der Waals surface area contributed by atoms with Crippen molar-refractivity contribution in [3.05, 3.63) is 0 Å². The summed E-state index contributed by atoms with van der Waals surface area (Å²) in [6.45, 7) is 4.31. The predicted octanol–water partition coefficient (Wildman–Crippen LogP) is 2.16. The normalized spacial score (nSPS) is 14.1. The zero-order valence-electron chi connectivity index (χ0n) is 16.8. The van der Waals surface area contributed by atoms with Gasteiger partial charge in [0.05, 0.1) is 16.2 Å². The number of hydrogen-bond donors (Lipinski definition) is 1. The van der Waals surface area contributed by atoms with Gasteiger partial charge in [0.2, 0.25) is 0 Å². The zero-order valence-corrected chi connectivity index (χ0v) is 20.8. The molecule has 0 aliphatic carbocycles. The summed E-state index contributed by atoms with van der Waals surface area (Å²) in [5.74, 6) is 0. The molecule has 25 heavy (non-hydrogen) atoms. The van der Waals surface area contributed by atoms with E-state index in [9.17, 15) is 18.1 Å². The number of aliphatic hydroxyl groups is 1. The molecule has 0 amide bonds. The average molecular weight is 403 g/mol. The van der Waals surface area contributed by atoms with Gasteiger partial charge in [0.1, 0.15) is 0 Å². The average Bonchev–Trinajstić information content (AvgIpc) is 2.51. The van der Waals surface area contributed by atoms with Gasteiger partial charge in [0, 0.05) is 5.25 Å². The summed E-state index contributed by atoms with van der Waals surface area (Å²) >= 11 is 0. The number of unbranched alkanes of at least 4 members (excludes halogenated alkanes) is 9. The van der Waals surface area contributed by atoms with Crippen LogP contribution in [0.3, 0.4) is 0 Å². The maximum absolute atomic E-state index is 11.4. The van der Waals surface area contributed by atoms with Crippen LogP contribution in [0.2, 0.25) is 0 Å². The molecule has 0 saturated carbocycles. The summed E-state index contributed by atoms with van der Waals surface area (Å²) in [4.78, 5) is 0. The van der Waals surface area contributed by atoms with Gasteiger partial charge in [-0.05, 0) is 25.7 Å². The van der Waals surface area contributed by atoms with Crippen LogP contribution in [-0.4, -0.2) is 29.4 Å². The minimum Gasteiger partial charge on any atom is -0.748 e. The molecular weight excluding hydrogens is 363 g/mol. The van der Waals surface area contributed by atoms with Crippen molar-refractivity contribution in [3.63, 3.8) is 0 Å². The van der Waals surface area contributed by atoms with Crippen molar-refractivity contribution >= 4 is 10.1 Å². The van der Waals surface area contributed by atoms with E-state index in [0.29, 0.717) is 25.7 Å². The molecule has 4 nitrogen and oxygen atoms in total. The third-order valence-corrected chi connectivity index (χ3v) is 6.04. The standard InChI is InChI=1S/C19H40O4S.K/c1-3-5-7-8-9-10-11-13-15-19(24(21,22)23)17-16-18(20)14-12-6-4-2;/h18-20H,3-17H2,1-2H3,(H,21,22,23);/q;+1/p-1. The first kappa shape index (κ1) is 28.7. The van der Waals surface area contributed by atoms with E-state index in [-0.39, 0.29) is 51.4 Å². The van der Waals surface area contributed by atoms with E-state index < -0.39 is 21.5 Å². The van der Waals surface area contributed by atoms with Gasteiger partial charge in [0.25, 0.3) is 0 Å². The number of aliphatic hydroxyl groups excluding tert-OH is 1. The molecule has 0 bridgehead atoms. The van der Waals surface area contributed by atoms with Crippen molar-refractivity contribution in [3.8, 4) is 0 Å². The number of rotatable bonds is 17. The SMILES string of the molecule is CCCCCCCCCCC(CCC(O)CCCCC)S(=O)(=O)[O-].[K+]. The van der Waals surface area contributed by atoms with Crippen LogP contribution in [0.25, 0.3) is 0 Å². The Morgan fingerprint density at radius 1 is 0.720 bits per heavy atom. The first-order valence-corrected chi connectivity index (χ1v) is 11.5. The summed E-state index contributed by atoms with van der Waals surface area (Å²) in [5, 5.41) is 9.09. The van der Waals surface area contributed by atoms with Crippen LogP contribution in [0.5, 0.6) is 0 Å². The van der Waals surface area contributed by atoms with Crippen molar-refractivity contribution in [1.82, 2.24) is 0 Å². The van der Waals surface area contributed by atoms with Gasteiger partial charge in [-0.1, -0.05) is 84.5 Å². The van der Waals surface area contributed by atoms with Crippen molar-refractivity contribution in [1.29, 1.82) is 0 Å². The second kappa shape index (κ2) is 18.9. The first-order chi connectivity index (χ1) is 11.4. The van der Waals surface area contributed by atoms with Gasteiger partial charge in [-0.3, -0.25) is 0 Å². The Hall–Kier alpha value is 1.51. The van der Waals surface area contributed by atoms with Crippen LogP contribution in [0.4, 0.5) is 0 Å². The molecule has 1 N–H and O–H groups in total. The fourth-order valence-corrected chi connectivity index (χ4v) is 3.97. The molecule has 0 aromatic rings. The maximum Gasteiger partial charge on any atom is 1.00 e. The largest absolute Gasteiger partial charge is 1.00 e. The molecule has 0 aromatic carbocycles. The summed E-state index contributed by atoms with van der Waals surface area (Å²) in [6.07, 6.45) is 13.7. The van der Waals surface area contributed by atoms with E-state index in [1.165, 1.54) is 32.1 Å². The zero-order chi connectivity index (χ0) is 18.3. The molecule has 0 aliphatic heterocycles. The Bertz CT molecular complexity index is 374. The molecule has 0 spiro atoms. The summed E-state index contributed by atoms with van der Waals surface area (Å²) in [5.41, 5.74) is 0. The van der Waals surface area contributed by atoms with Gasteiger partial charge in [0.15, 0.2) is 0 Å². The Balaban J connectivity index is 0. The second-order valence-electron chi connectivity index (χ2n) is 7.11. The number of hydrogen-bond acceptors (Lipinski definition) is 4. The Morgan fingerprint density at radius 3 is 1.68 bits per heavy atom. The van der Waals surface area contributed by atoms with Crippen molar-refractivity contribution < 1.29 is 69.5 Å². The molecule has 0 heterocycles. The summed E-state index contributed by atoms with van der Waals surface area (Å²) in [7, 11) is -4.25. The Kier molecular flexibility index (Phi) is 21.7. The second-order valence-corrected chi connectivity index (χ2v) is 8.76. The van der Waals surface area contributed by atoms with Gasteiger partial charge in [-0.15, -0.1) is 0 Å². The van der Waals surface area contributed by atoms with Crippen molar-refractivity contribution in [2.24, 2.45) is 0 Å². The van der Waals surface area contributed by atoms with Crippen molar-refractivity contribution in [2.75, 3.05) is 0 Å². The minimum atomic E-state index is -4.25.